The highest BCUT2D eigenvalue weighted by molar-refractivity contribution is 5.75. The fraction of sp³-hybridized carbons (Fsp3) is 0.333. The van der Waals surface area contributed by atoms with Gasteiger partial charge in [0.05, 0.1) is 12.8 Å². The molecule has 19 heavy (non-hydrogen) atoms. The van der Waals surface area contributed by atoms with Crippen molar-refractivity contribution < 1.29 is 4.74 Å². The molecule has 0 radical (unpaired) electrons. The summed E-state index contributed by atoms with van der Waals surface area (Å²) >= 11 is 0. The minimum Gasteiger partial charge on any atom is -0.496 e. The molecule has 0 fully saturated rings. The third kappa shape index (κ3) is 2.26. The summed E-state index contributed by atoms with van der Waals surface area (Å²) in [6, 6.07) is 4.10. The molecule has 0 bridgehead atoms. The molecule has 4 nitrogen and oxygen atoms in total. The van der Waals surface area contributed by atoms with Crippen LogP contribution in [0.2, 0.25) is 0 Å². The van der Waals surface area contributed by atoms with Crippen molar-refractivity contribution in [3.63, 3.8) is 0 Å². The third-order valence-electron chi connectivity index (χ3n) is 3.47. The van der Waals surface area contributed by atoms with E-state index < -0.39 is 0 Å². The van der Waals surface area contributed by atoms with E-state index in [0.717, 1.165) is 34.6 Å². The number of nitrogen functional groups attached to an aromatic ring is 1. The SMILES string of the molecule is CCc1c(N)ncnc1-c1ccc(C)c(C)c1OC. The second-order valence-corrected chi connectivity index (χ2v) is 4.53. The van der Waals surface area contributed by atoms with Crippen LogP contribution in [0, 0.1) is 13.8 Å². The lowest BCUT2D eigenvalue weighted by molar-refractivity contribution is 0.413. The summed E-state index contributed by atoms with van der Waals surface area (Å²) in [4.78, 5) is 8.45. The molecule has 0 saturated heterocycles. The topological polar surface area (TPSA) is 61.0 Å². The zero-order chi connectivity index (χ0) is 14.0. The molecule has 0 aliphatic heterocycles. The molecule has 0 aliphatic rings. The lowest BCUT2D eigenvalue weighted by atomic mass is 9.98. The van der Waals surface area contributed by atoms with Crippen LogP contribution in [0.4, 0.5) is 5.82 Å². The number of hydrogen-bond donors (Lipinski definition) is 1. The van der Waals surface area contributed by atoms with Crippen LogP contribution >= 0.6 is 0 Å². The Bertz CT molecular complexity index is 609. The molecule has 0 amide bonds. The highest BCUT2D eigenvalue weighted by Gasteiger charge is 2.16. The summed E-state index contributed by atoms with van der Waals surface area (Å²) in [7, 11) is 1.68. The first-order valence-corrected chi connectivity index (χ1v) is 6.34. The second-order valence-electron chi connectivity index (χ2n) is 4.53. The fourth-order valence-electron chi connectivity index (χ4n) is 2.25. The number of benzene rings is 1. The average molecular weight is 257 g/mol. The molecule has 4 heteroatoms. The van der Waals surface area contributed by atoms with Gasteiger partial charge in [-0.3, -0.25) is 0 Å². The largest absolute Gasteiger partial charge is 0.496 e. The van der Waals surface area contributed by atoms with Gasteiger partial charge >= 0.3 is 0 Å². The van der Waals surface area contributed by atoms with Crippen molar-refractivity contribution in [2.75, 3.05) is 12.8 Å². The molecule has 1 aromatic carbocycles. The van der Waals surface area contributed by atoms with E-state index in [1.807, 2.05) is 19.9 Å². The fourth-order valence-corrected chi connectivity index (χ4v) is 2.25. The van der Waals surface area contributed by atoms with Crippen molar-refractivity contribution in [1.29, 1.82) is 0 Å². The standard InChI is InChI=1S/C15H19N3O/c1-5-11-13(17-8-18-15(11)16)12-7-6-9(2)10(3)14(12)19-4/h6-8H,5H2,1-4H3,(H2,16,17,18). The summed E-state index contributed by atoms with van der Waals surface area (Å²) in [6.45, 7) is 6.16. The highest BCUT2D eigenvalue weighted by atomic mass is 16.5. The Kier molecular flexibility index (Phi) is 3.69. The molecule has 0 saturated carbocycles. The van der Waals surface area contributed by atoms with Crippen molar-refractivity contribution in [1.82, 2.24) is 9.97 Å². The van der Waals surface area contributed by atoms with Gasteiger partial charge in [-0.25, -0.2) is 9.97 Å². The minimum atomic E-state index is 0.535. The van der Waals surface area contributed by atoms with Crippen LogP contribution in [-0.2, 0) is 6.42 Å². The van der Waals surface area contributed by atoms with Gasteiger partial charge in [0, 0.05) is 11.1 Å². The summed E-state index contributed by atoms with van der Waals surface area (Å²) in [6.07, 6.45) is 2.29. The van der Waals surface area contributed by atoms with E-state index in [2.05, 4.69) is 23.0 Å². The molecule has 0 aliphatic carbocycles. The quantitative estimate of drug-likeness (QED) is 0.918. The zero-order valence-corrected chi connectivity index (χ0v) is 11.8. The van der Waals surface area contributed by atoms with Crippen molar-refractivity contribution in [2.24, 2.45) is 0 Å². The molecular weight excluding hydrogens is 238 g/mol. The zero-order valence-electron chi connectivity index (χ0n) is 11.8. The first-order valence-electron chi connectivity index (χ1n) is 6.34. The van der Waals surface area contributed by atoms with Crippen LogP contribution in [0.25, 0.3) is 11.3 Å². The lowest BCUT2D eigenvalue weighted by Crippen LogP contribution is -2.03. The van der Waals surface area contributed by atoms with E-state index in [0.29, 0.717) is 5.82 Å². The predicted octanol–water partition coefficient (Wildman–Crippen LogP) is 2.91. The van der Waals surface area contributed by atoms with E-state index in [4.69, 9.17) is 10.5 Å². The monoisotopic (exact) mass is 257 g/mol. The van der Waals surface area contributed by atoms with E-state index in [-0.39, 0.29) is 0 Å². The summed E-state index contributed by atoms with van der Waals surface area (Å²) in [5.41, 5.74) is 11.0. The van der Waals surface area contributed by atoms with Gasteiger partial charge in [0.15, 0.2) is 0 Å². The molecule has 0 unspecified atom stereocenters. The van der Waals surface area contributed by atoms with Gasteiger partial charge in [0.25, 0.3) is 0 Å². The number of ether oxygens (including phenoxy) is 1. The Labute approximate surface area is 113 Å². The first kappa shape index (κ1) is 13.3. The molecule has 0 spiro atoms. The summed E-state index contributed by atoms with van der Waals surface area (Å²) in [5.74, 6) is 1.39. The van der Waals surface area contributed by atoms with Gasteiger partial charge in [0.2, 0.25) is 0 Å². The number of aryl methyl sites for hydroxylation is 1. The second kappa shape index (κ2) is 5.26. The smallest absolute Gasteiger partial charge is 0.131 e. The predicted molar refractivity (Wildman–Crippen MR) is 77.3 cm³/mol. The van der Waals surface area contributed by atoms with Crippen LogP contribution in [-0.4, -0.2) is 17.1 Å². The number of nitrogens with zero attached hydrogens (tertiary/aromatic N) is 2. The molecule has 1 aromatic heterocycles. The number of methoxy groups -OCH3 is 1. The summed E-state index contributed by atoms with van der Waals surface area (Å²) < 4.78 is 5.55. The van der Waals surface area contributed by atoms with Crippen molar-refractivity contribution in [2.45, 2.75) is 27.2 Å². The maximum Gasteiger partial charge on any atom is 0.131 e. The van der Waals surface area contributed by atoms with Gasteiger partial charge in [-0.1, -0.05) is 13.0 Å². The molecule has 2 N–H and O–H groups in total. The van der Waals surface area contributed by atoms with Crippen LogP contribution < -0.4 is 10.5 Å². The Balaban J connectivity index is 2.72. The molecule has 0 atom stereocenters. The van der Waals surface area contributed by atoms with Gasteiger partial charge in [-0.15, -0.1) is 0 Å². The number of anilines is 1. The van der Waals surface area contributed by atoms with E-state index in [9.17, 15) is 0 Å². The van der Waals surface area contributed by atoms with E-state index in [1.54, 1.807) is 7.11 Å². The van der Waals surface area contributed by atoms with E-state index >= 15 is 0 Å². The summed E-state index contributed by atoms with van der Waals surface area (Å²) in [5, 5.41) is 0. The number of nitrogens with two attached hydrogens (primary N) is 1. The van der Waals surface area contributed by atoms with Crippen LogP contribution in [0.5, 0.6) is 5.75 Å². The van der Waals surface area contributed by atoms with Crippen LogP contribution in [0.3, 0.4) is 0 Å². The Hall–Kier alpha value is -2.10. The van der Waals surface area contributed by atoms with Gasteiger partial charge < -0.3 is 10.5 Å². The normalized spacial score (nSPS) is 10.5. The maximum absolute atomic E-state index is 5.94. The first-order chi connectivity index (χ1) is 9.10. The van der Waals surface area contributed by atoms with Gasteiger partial charge in [-0.2, -0.15) is 0 Å². The molecule has 2 aromatic rings. The minimum absolute atomic E-state index is 0.535. The molecule has 1 heterocycles. The van der Waals surface area contributed by atoms with Crippen molar-refractivity contribution >= 4 is 5.82 Å². The lowest BCUT2D eigenvalue weighted by Gasteiger charge is -2.15. The van der Waals surface area contributed by atoms with Gasteiger partial charge in [-0.05, 0) is 37.5 Å². The van der Waals surface area contributed by atoms with E-state index in [1.165, 1.54) is 11.9 Å². The molecular formula is C15H19N3O. The maximum atomic E-state index is 5.94. The highest BCUT2D eigenvalue weighted by Crippen LogP contribution is 2.36. The van der Waals surface area contributed by atoms with Crippen LogP contribution in [0.15, 0.2) is 18.5 Å². The van der Waals surface area contributed by atoms with Crippen molar-refractivity contribution in [3.8, 4) is 17.0 Å². The number of hydrogen-bond acceptors (Lipinski definition) is 4. The average Bonchev–Trinajstić information content (AvgIpc) is 2.41. The third-order valence-corrected chi connectivity index (χ3v) is 3.47. The Morgan fingerprint density at radius 1 is 1.21 bits per heavy atom. The van der Waals surface area contributed by atoms with Gasteiger partial charge in [0.1, 0.15) is 17.9 Å². The Morgan fingerprint density at radius 3 is 2.58 bits per heavy atom. The Morgan fingerprint density at radius 2 is 1.95 bits per heavy atom. The van der Waals surface area contributed by atoms with Crippen LogP contribution in [0.1, 0.15) is 23.6 Å². The molecule has 100 valence electrons. The number of rotatable bonds is 3. The molecule has 2 rings (SSSR count). The number of aromatic nitrogens is 2. The van der Waals surface area contributed by atoms with Crippen molar-refractivity contribution in [3.05, 3.63) is 35.2 Å².